The maximum atomic E-state index is 13.0. The Bertz CT molecular complexity index is 1100. The molecule has 0 aliphatic rings. The van der Waals surface area contributed by atoms with E-state index in [0.717, 1.165) is 9.47 Å². The van der Waals surface area contributed by atoms with E-state index >= 15 is 0 Å². The van der Waals surface area contributed by atoms with Crippen molar-refractivity contribution in [2.75, 3.05) is 21.2 Å². The molecule has 0 aliphatic heterocycles. The molecule has 31 heavy (non-hydrogen) atoms. The number of nitrogens with zero attached hydrogens (tertiary/aromatic N) is 2. The summed E-state index contributed by atoms with van der Waals surface area (Å²) in [6, 6.07) is 5.81. The lowest BCUT2D eigenvalue weighted by Crippen LogP contribution is -2.37. The molecule has 0 fully saturated rings. The van der Waals surface area contributed by atoms with E-state index in [4.69, 9.17) is 9.47 Å². The second-order valence-electron chi connectivity index (χ2n) is 7.69. The number of hydrogen-bond donors (Lipinski definition) is 3. The van der Waals surface area contributed by atoms with Gasteiger partial charge in [0.25, 0.3) is 15.9 Å². The highest BCUT2D eigenvalue weighted by Crippen LogP contribution is 2.41. The molecule has 3 N–H and O–H groups in total. The number of benzene rings is 1. The smallest absolute Gasteiger partial charge is 0.421 e. The molecule has 1 aromatic heterocycles. The number of amides is 2. The summed E-state index contributed by atoms with van der Waals surface area (Å²) >= 11 is 0. The maximum absolute atomic E-state index is 13.0. The van der Waals surface area contributed by atoms with Crippen LogP contribution >= 0.6 is 0 Å². The summed E-state index contributed by atoms with van der Waals surface area (Å²) in [6.45, 7) is 4.61. The molecular weight excluding hydrogens is 430 g/mol. The van der Waals surface area contributed by atoms with Gasteiger partial charge in [-0.1, -0.05) is 0 Å². The molecule has 2 rings (SSSR count). The third-order valence-electron chi connectivity index (χ3n) is 3.89. The van der Waals surface area contributed by atoms with Gasteiger partial charge in [0.2, 0.25) is 5.03 Å². The first-order chi connectivity index (χ1) is 14.2. The third kappa shape index (κ3) is 5.02. The van der Waals surface area contributed by atoms with Crippen molar-refractivity contribution in [2.24, 2.45) is 0 Å². The first kappa shape index (κ1) is 23.9. The zero-order chi connectivity index (χ0) is 23.7. The Morgan fingerprint density at radius 1 is 1.06 bits per heavy atom. The molecule has 0 atom stereocenters. The molecule has 0 spiro atoms. The van der Waals surface area contributed by atoms with Crippen molar-refractivity contribution in [3.63, 3.8) is 0 Å². The molecular formula is C19H25N3O8S. The van der Waals surface area contributed by atoms with Crippen LogP contribution in [0, 0.1) is 0 Å². The maximum Gasteiger partial charge on any atom is 0.421 e. The predicted molar refractivity (Wildman–Crippen MR) is 110 cm³/mol. The van der Waals surface area contributed by atoms with Gasteiger partial charge in [-0.2, -0.15) is 8.42 Å². The van der Waals surface area contributed by atoms with Gasteiger partial charge >= 0.3 is 6.09 Å². The molecule has 11 nitrogen and oxygen atoms in total. The van der Waals surface area contributed by atoms with E-state index in [-0.39, 0.29) is 5.69 Å². The highest BCUT2D eigenvalue weighted by atomic mass is 32.2. The Labute approximate surface area is 179 Å². The number of carbonyl (C=O) groups is 2. The van der Waals surface area contributed by atoms with E-state index in [2.05, 4.69) is 0 Å². The van der Waals surface area contributed by atoms with Gasteiger partial charge in [0.05, 0.1) is 7.11 Å². The van der Waals surface area contributed by atoms with E-state index in [1.54, 1.807) is 4.72 Å². The van der Waals surface area contributed by atoms with E-state index in [0.29, 0.717) is 5.75 Å². The van der Waals surface area contributed by atoms with Gasteiger partial charge in [-0.15, -0.1) is 0 Å². The van der Waals surface area contributed by atoms with E-state index in [1.165, 1.54) is 66.2 Å². The monoisotopic (exact) mass is 455 g/mol. The molecule has 0 saturated carbocycles. The molecule has 0 saturated heterocycles. The predicted octanol–water partition coefficient (Wildman–Crippen LogP) is 1.81. The number of sulfonamides is 1. The third-order valence-corrected chi connectivity index (χ3v) is 5.21. The van der Waals surface area contributed by atoms with Crippen molar-refractivity contribution in [3.05, 3.63) is 30.0 Å². The number of aromatic nitrogens is 1. The summed E-state index contributed by atoms with van der Waals surface area (Å²) in [4.78, 5) is 25.8. The van der Waals surface area contributed by atoms with Crippen LogP contribution in [0.25, 0.3) is 5.69 Å². The number of nitrogens with one attached hydrogen (secondary N) is 1. The van der Waals surface area contributed by atoms with Crippen molar-refractivity contribution in [3.8, 4) is 22.9 Å². The fourth-order valence-corrected chi connectivity index (χ4v) is 3.76. The molecule has 1 heterocycles. The van der Waals surface area contributed by atoms with Gasteiger partial charge in [0.15, 0.2) is 17.2 Å². The van der Waals surface area contributed by atoms with Gasteiger partial charge in [-0.05, 0) is 45.0 Å². The van der Waals surface area contributed by atoms with Gasteiger partial charge < -0.3 is 24.6 Å². The molecule has 2 aromatic rings. The number of carbonyl (C=O) groups excluding carboxylic acids is 2. The summed E-state index contributed by atoms with van der Waals surface area (Å²) in [5.41, 5.74) is -1.41. The molecule has 12 heteroatoms. The molecule has 0 bridgehead atoms. The number of rotatable bonds is 5. The molecule has 170 valence electrons. The molecule has 1 aromatic carbocycles. The van der Waals surface area contributed by atoms with Crippen LogP contribution in [0.15, 0.2) is 29.3 Å². The Morgan fingerprint density at radius 3 is 2.06 bits per heavy atom. The zero-order valence-electron chi connectivity index (χ0n) is 18.0. The average Bonchev–Trinajstić information content (AvgIpc) is 2.90. The Kier molecular flexibility index (Phi) is 6.45. The number of methoxy groups -OCH3 is 1. The summed E-state index contributed by atoms with van der Waals surface area (Å²) < 4.78 is 38.5. The first-order valence-electron chi connectivity index (χ1n) is 8.98. The Hall–Kier alpha value is -3.41. The second-order valence-corrected chi connectivity index (χ2v) is 9.29. The van der Waals surface area contributed by atoms with Crippen LogP contribution in [0.5, 0.6) is 17.2 Å². The SMILES string of the molecule is COc1ccc(-n2c(C(=O)N(C)C)c(O)c(O)c2S(=O)(=O)NC(=O)OC(C)(C)C)cc1. The summed E-state index contributed by atoms with van der Waals surface area (Å²) in [7, 11) is -0.585. The van der Waals surface area contributed by atoms with Gasteiger partial charge in [0.1, 0.15) is 11.4 Å². The van der Waals surface area contributed by atoms with Crippen LogP contribution in [-0.4, -0.2) is 66.9 Å². The number of hydrogen-bond acceptors (Lipinski definition) is 8. The van der Waals surface area contributed by atoms with Crippen LogP contribution in [-0.2, 0) is 14.8 Å². The largest absolute Gasteiger partial charge is 0.503 e. The number of ether oxygens (including phenoxy) is 2. The van der Waals surface area contributed by atoms with Crippen molar-refractivity contribution < 1.29 is 37.7 Å². The van der Waals surface area contributed by atoms with Crippen molar-refractivity contribution in [1.29, 1.82) is 0 Å². The Balaban J connectivity index is 2.75. The summed E-state index contributed by atoms with van der Waals surface area (Å²) in [5.74, 6) is -2.40. The second kappa shape index (κ2) is 8.38. The average molecular weight is 455 g/mol. The fourth-order valence-electron chi connectivity index (χ4n) is 2.62. The highest BCUT2D eigenvalue weighted by Gasteiger charge is 2.37. The van der Waals surface area contributed by atoms with Crippen LogP contribution in [0.2, 0.25) is 0 Å². The van der Waals surface area contributed by atoms with Crippen molar-refractivity contribution in [2.45, 2.75) is 31.4 Å². The summed E-state index contributed by atoms with van der Waals surface area (Å²) in [5, 5.41) is 19.9. The first-order valence-corrected chi connectivity index (χ1v) is 10.5. The van der Waals surface area contributed by atoms with E-state index in [1.807, 2.05) is 0 Å². The molecule has 2 amide bonds. The zero-order valence-corrected chi connectivity index (χ0v) is 18.8. The Morgan fingerprint density at radius 2 is 1.61 bits per heavy atom. The minimum absolute atomic E-state index is 0.103. The van der Waals surface area contributed by atoms with E-state index in [9.17, 15) is 28.2 Å². The lowest BCUT2D eigenvalue weighted by Gasteiger charge is -2.20. The van der Waals surface area contributed by atoms with Gasteiger partial charge in [-0.3, -0.25) is 9.36 Å². The summed E-state index contributed by atoms with van der Waals surface area (Å²) in [6.07, 6.45) is -1.30. The van der Waals surface area contributed by atoms with Crippen LogP contribution in [0.3, 0.4) is 0 Å². The lowest BCUT2D eigenvalue weighted by atomic mass is 10.2. The van der Waals surface area contributed by atoms with Crippen LogP contribution in [0.1, 0.15) is 31.3 Å². The number of aromatic hydroxyl groups is 2. The van der Waals surface area contributed by atoms with Crippen molar-refractivity contribution in [1.82, 2.24) is 14.2 Å². The highest BCUT2D eigenvalue weighted by molar-refractivity contribution is 7.90. The van der Waals surface area contributed by atoms with E-state index < -0.39 is 49.8 Å². The molecule has 0 unspecified atom stereocenters. The quantitative estimate of drug-likeness (QED) is 0.618. The minimum Gasteiger partial charge on any atom is -0.503 e. The normalized spacial score (nSPS) is 11.7. The van der Waals surface area contributed by atoms with Gasteiger partial charge in [-0.25, -0.2) is 9.52 Å². The fraction of sp³-hybridized carbons (Fsp3) is 0.368. The molecule has 0 aliphatic carbocycles. The molecule has 0 radical (unpaired) electrons. The van der Waals surface area contributed by atoms with Crippen LogP contribution < -0.4 is 9.46 Å². The minimum atomic E-state index is -4.79. The van der Waals surface area contributed by atoms with Crippen LogP contribution in [0.4, 0.5) is 4.79 Å². The lowest BCUT2D eigenvalue weighted by molar-refractivity contribution is 0.0569. The van der Waals surface area contributed by atoms with Gasteiger partial charge in [0, 0.05) is 19.8 Å². The topological polar surface area (TPSA) is 147 Å². The standard InChI is InChI=1S/C19H25N3O8S/c1-19(2,3)30-18(26)20-31(27,28)17-15(24)14(23)13(16(25)21(4)5)22(17)11-7-9-12(29-6)10-8-11/h7-10,23-24H,1-6H3,(H,20,26). The van der Waals surface area contributed by atoms with Crippen molar-refractivity contribution >= 4 is 22.0 Å².